The highest BCUT2D eigenvalue weighted by atomic mass is 16.2. The standard InChI is InChI=1S/C24H22N4O/c1-26-15-20(14-25-26)23-17-28(16-19-6-2-3-7-22(19)23)24(29)18-8-10-21(11-9-18)27-12-4-5-13-27/h2-15,23H,16-17H2,1H3. The van der Waals surface area contributed by atoms with Crippen LogP contribution < -0.4 is 0 Å². The summed E-state index contributed by atoms with van der Waals surface area (Å²) < 4.78 is 3.85. The highest BCUT2D eigenvalue weighted by molar-refractivity contribution is 5.94. The minimum atomic E-state index is 0.0625. The summed E-state index contributed by atoms with van der Waals surface area (Å²) in [6.45, 7) is 1.28. The number of benzene rings is 2. The first kappa shape index (κ1) is 17.5. The number of aryl methyl sites for hydroxylation is 1. The molecule has 0 saturated heterocycles. The number of rotatable bonds is 3. The zero-order valence-corrected chi connectivity index (χ0v) is 16.3. The molecule has 2 aromatic heterocycles. The molecule has 1 aliphatic rings. The van der Waals surface area contributed by atoms with Crippen molar-refractivity contribution in [2.45, 2.75) is 12.5 Å². The van der Waals surface area contributed by atoms with Gasteiger partial charge >= 0.3 is 0 Å². The third-order valence-corrected chi connectivity index (χ3v) is 5.63. The average Bonchev–Trinajstić information content (AvgIpc) is 3.45. The van der Waals surface area contributed by atoms with Crippen molar-refractivity contribution >= 4 is 5.91 Å². The van der Waals surface area contributed by atoms with E-state index in [1.54, 1.807) is 0 Å². The number of aromatic nitrogens is 3. The molecule has 0 radical (unpaired) electrons. The molecule has 1 aliphatic heterocycles. The summed E-state index contributed by atoms with van der Waals surface area (Å²) in [6.07, 6.45) is 7.94. The van der Waals surface area contributed by atoms with Gasteiger partial charge in [-0.1, -0.05) is 24.3 Å². The fourth-order valence-electron chi connectivity index (χ4n) is 4.13. The van der Waals surface area contributed by atoms with E-state index in [1.807, 2.05) is 88.4 Å². The van der Waals surface area contributed by atoms with Crippen LogP contribution in [0.2, 0.25) is 0 Å². The van der Waals surface area contributed by atoms with Crippen LogP contribution in [0.3, 0.4) is 0 Å². The molecule has 3 heterocycles. The monoisotopic (exact) mass is 382 g/mol. The quantitative estimate of drug-likeness (QED) is 0.538. The summed E-state index contributed by atoms with van der Waals surface area (Å²) in [4.78, 5) is 15.2. The molecule has 0 N–H and O–H groups in total. The number of carbonyl (C=O) groups is 1. The van der Waals surface area contributed by atoms with E-state index in [-0.39, 0.29) is 11.8 Å². The zero-order valence-electron chi connectivity index (χ0n) is 16.3. The second-order valence-corrected chi connectivity index (χ2v) is 7.52. The van der Waals surface area contributed by atoms with Gasteiger partial charge in [0, 0.05) is 55.9 Å². The zero-order chi connectivity index (χ0) is 19.8. The van der Waals surface area contributed by atoms with Crippen molar-refractivity contribution in [3.8, 4) is 5.69 Å². The van der Waals surface area contributed by atoms with Gasteiger partial charge < -0.3 is 9.47 Å². The molecule has 0 aliphatic carbocycles. The fraction of sp³-hybridized carbons (Fsp3) is 0.167. The second kappa shape index (κ2) is 7.09. The van der Waals surface area contributed by atoms with E-state index >= 15 is 0 Å². The number of carbonyl (C=O) groups excluding carboxylic acids is 1. The smallest absolute Gasteiger partial charge is 0.254 e. The first-order valence-corrected chi connectivity index (χ1v) is 9.78. The van der Waals surface area contributed by atoms with Crippen molar-refractivity contribution in [3.63, 3.8) is 0 Å². The van der Waals surface area contributed by atoms with E-state index in [0.29, 0.717) is 18.7 Å². The van der Waals surface area contributed by atoms with E-state index in [9.17, 15) is 4.79 Å². The van der Waals surface area contributed by atoms with Crippen LogP contribution in [0.1, 0.15) is 33.0 Å². The van der Waals surface area contributed by atoms with Crippen molar-refractivity contribution in [2.24, 2.45) is 7.05 Å². The van der Waals surface area contributed by atoms with E-state index in [2.05, 4.69) is 23.3 Å². The lowest BCUT2D eigenvalue weighted by atomic mass is 9.86. The fourth-order valence-corrected chi connectivity index (χ4v) is 4.13. The van der Waals surface area contributed by atoms with Gasteiger partial charge in [0.05, 0.1) is 6.20 Å². The normalized spacial score (nSPS) is 15.9. The maximum atomic E-state index is 13.3. The third kappa shape index (κ3) is 3.25. The summed E-state index contributed by atoms with van der Waals surface area (Å²) in [5.74, 6) is 0.198. The maximum Gasteiger partial charge on any atom is 0.254 e. The van der Waals surface area contributed by atoms with Gasteiger partial charge in [0.15, 0.2) is 0 Å². The Kier molecular flexibility index (Phi) is 4.28. The summed E-state index contributed by atoms with van der Waals surface area (Å²) in [7, 11) is 1.92. The molecule has 5 heteroatoms. The van der Waals surface area contributed by atoms with Crippen molar-refractivity contribution in [1.82, 2.24) is 19.2 Å². The van der Waals surface area contributed by atoms with Crippen molar-refractivity contribution in [3.05, 3.63) is 108 Å². The molecule has 5 rings (SSSR count). The molecule has 5 nitrogen and oxygen atoms in total. The predicted molar refractivity (Wildman–Crippen MR) is 112 cm³/mol. The van der Waals surface area contributed by atoms with E-state index in [4.69, 9.17) is 0 Å². The minimum absolute atomic E-state index is 0.0625. The number of amides is 1. The van der Waals surface area contributed by atoms with Crippen molar-refractivity contribution in [2.75, 3.05) is 6.54 Å². The molecule has 0 bridgehead atoms. The van der Waals surface area contributed by atoms with Crippen LogP contribution in [-0.4, -0.2) is 31.7 Å². The van der Waals surface area contributed by atoms with Crippen LogP contribution >= 0.6 is 0 Å². The molecule has 144 valence electrons. The topological polar surface area (TPSA) is 43.1 Å². The van der Waals surface area contributed by atoms with Gasteiger partial charge in [-0.15, -0.1) is 0 Å². The van der Waals surface area contributed by atoms with Gasteiger partial charge in [-0.2, -0.15) is 5.10 Å². The highest BCUT2D eigenvalue weighted by Gasteiger charge is 2.30. The van der Waals surface area contributed by atoms with E-state index < -0.39 is 0 Å². The lowest BCUT2D eigenvalue weighted by Crippen LogP contribution is -2.38. The van der Waals surface area contributed by atoms with Crippen LogP contribution in [-0.2, 0) is 13.6 Å². The lowest BCUT2D eigenvalue weighted by molar-refractivity contribution is 0.0725. The Hall–Kier alpha value is -3.60. The number of fused-ring (bicyclic) bond motifs is 1. The number of hydrogen-bond donors (Lipinski definition) is 0. The van der Waals surface area contributed by atoms with E-state index in [0.717, 1.165) is 11.3 Å². The molecule has 0 spiro atoms. The van der Waals surface area contributed by atoms with Crippen LogP contribution in [0.5, 0.6) is 0 Å². The predicted octanol–water partition coefficient (Wildman–Crippen LogP) is 4.00. The minimum Gasteiger partial charge on any atom is -0.333 e. The van der Waals surface area contributed by atoms with Gasteiger partial charge in [-0.05, 0) is 53.1 Å². The van der Waals surface area contributed by atoms with Crippen LogP contribution in [0, 0.1) is 0 Å². The summed E-state index contributed by atoms with van der Waals surface area (Å²) >= 11 is 0. The molecule has 4 aromatic rings. The van der Waals surface area contributed by atoms with Gasteiger partial charge in [0.2, 0.25) is 0 Å². The Morgan fingerprint density at radius 3 is 2.48 bits per heavy atom. The Morgan fingerprint density at radius 2 is 1.76 bits per heavy atom. The van der Waals surface area contributed by atoms with Gasteiger partial charge in [0.1, 0.15) is 0 Å². The molecule has 0 fully saturated rings. The van der Waals surface area contributed by atoms with Crippen LogP contribution in [0.4, 0.5) is 0 Å². The first-order chi connectivity index (χ1) is 14.2. The third-order valence-electron chi connectivity index (χ3n) is 5.63. The van der Waals surface area contributed by atoms with Crippen LogP contribution in [0.25, 0.3) is 5.69 Å². The lowest BCUT2D eigenvalue weighted by Gasteiger charge is -2.34. The molecule has 0 saturated carbocycles. The Balaban J connectivity index is 1.44. The highest BCUT2D eigenvalue weighted by Crippen LogP contribution is 2.34. The van der Waals surface area contributed by atoms with Crippen LogP contribution in [0.15, 0.2) is 85.5 Å². The molecule has 1 unspecified atom stereocenters. The summed E-state index contributed by atoms with van der Waals surface area (Å²) in [5, 5.41) is 4.34. The molecular formula is C24H22N4O. The molecule has 2 aromatic carbocycles. The van der Waals surface area contributed by atoms with E-state index in [1.165, 1.54) is 11.1 Å². The summed E-state index contributed by atoms with van der Waals surface area (Å²) in [6, 6.07) is 20.2. The molecule has 1 amide bonds. The summed E-state index contributed by atoms with van der Waals surface area (Å²) in [5.41, 5.74) is 5.38. The Labute approximate surface area is 169 Å². The molecular weight excluding hydrogens is 360 g/mol. The average molecular weight is 382 g/mol. The Morgan fingerprint density at radius 1 is 1.00 bits per heavy atom. The first-order valence-electron chi connectivity index (χ1n) is 9.78. The Bertz CT molecular complexity index is 1140. The number of nitrogens with zero attached hydrogens (tertiary/aromatic N) is 4. The number of hydrogen-bond acceptors (Lipinski definition) is 2. The molecule has 29 heavy (non-hydrogen) atoms. The maximum absolute atomic E-state index is 13.3. The van der Waals surface area contributed by atoms with Gasteiger partial charge in [-0.3, -0.25) is 9.48 Å². The van der Waals surface area contributed by atoms with Crippen molar-refractivity contribution < 1.29 is 4.79 Å². The second-order valence-electron chi connectivity index (χ2n) is 7.52. The SMILES string of the molecule is Cn1cc(C2CN(C(=O)c3ccc(-n4cccc4)cc3)Cc3ccccc32)cn1. The van der Waals surface area contributed by atoms with Crippen molar-refractivity contribution in [1.29, 1.82) is 0 Å². The van der Waals surface area contributed by atoms with Gasteiger partial charge in [0.25, 0.3) is 5.91 Å². The van der Waals surface area contributed by atoms with Gasteiger partial charge in [-0.25, -0.2) is 0 Å². The molecule has 1 atom stereocenters. The largest absolute Gasteiger partial charge is 0.333 e.